The molecule has 0 spiro atoms. The Labute approximate surface area is 143 Å². The lowest BCUT2D eigenvalue weighted by Crippen LogP contribution is -2.25. The van der Waals surface area contributed by atoms with Crippen LogP contribution in [-0.4, -0.2) is 35.7 Å². The maximum atomic E-state index is 12.1. The Morgan fingerprint density at radius 1 is 1.16 bits per heavy atom. The molecule has 2 aromatic carbocycles. The molecule has 1 heterocycles. The topological polar surface area (TPSA) is 111 Å². The van der Waals surface area contributed by atoms with Gasteiger partial charge in [-0.15, -0.1) is 0 Å². The Bertz CT molecular complexity index is 821. The molecule has 2 aromatic rings. The van der Waals surface area contributed by atoms with Crippen LogP contribution in [0.1, 0.15) is 15.9 Å². The number of hydrogen-bond donors (Lipinski definition) is 2. The molecule has 0 aliphatic carbocycles. The molecule has 0 unspecified atom stereocenters. The van der Waals surface area contributed by atoms with Gasteiger partial charge in [0.05, 0.1) is 4.92 Å². The first-order valence-corrected chi connectivity index (χ1v) is 7.69. The number of carbonyl (C=O) groups excluding carboxylic acids is 1. The molecule has 0 atom stereocenters. The molecule has 130 valence electrons. The lowest BCUT2D eigenvalue weighted by atomic mass is 10.1. The van der Waals surface area contributed by atoms with E-state index < -0.39 is 22.3 Å². The number of benzene rings is 2. The molecule has 0 bridgehead atoms. The lowest BCUT2D eigenvalue weighted by Gasteiger charge is -2.18. The van der Waals surface area contributed by atoms with Crippen molar-refractivity contribution in [2.45, 2.75) is 6.42 Å². The second-order valence-corrected chi connectivity index (χ2v) is 5.44. The fourth-order valence-corrected chi connectivity index (χ4v) is 2.48. The first kappa shape index (κ1) is 16.6. The Morgan fingerprint density at radius 3 is 2.64 bits per heavy atom. The minimum Gasteiger partial charge on any atom is -0.502 e. The third-order valence-corrected chi connectivity index (χ3v) is 3.74. The van der Waals surface area contributed by atoms with E-state index in [0.29, 0.717) is 37.7 Å². The fourth-order valence-electron chi connectivity index (χ4n) is 2.48. The SMILES string of the molecule is O=C(NCCc1ccc2c(c1)OCCO2)c1ccc([N+](=O)[O-])c(O)c1. The summed E-state index contributed by atoms with van der Waals surface area (Å²) in [6.45, 7) is 1.41. The summed E-state index contributed by atoms with van der Waals surface area (Å²) < 4.78 is 11.0. The van der Waals surface area contributed by atoms with Crippen LogP contribution in [0.4, 0.5) is 5.69 Å². The van der Waals surface area contributed by atoms with Gasteiger partial charge in [0.15, 0.2) is 17.2 Å². The summed E-state index contributed by atoms with van der Waals surface area (Å²) in [6, 6.07) is 9.09. The summed E-state index contributed by atoms with van der Waals surface area (Å²) >= 11 is 0. The third kappa shape index (κ3) is 3.79. The van der Waals surface area contributed by atoms with Gasteiger partial charge in [0.1, 0.15) is 13.2 Å². The minimum absolute atomic E-state index is 0.158. The highest BCUT2D eigenvalue weighted by Crippen LogP contribution is 2.30. The summed E-state index contributed by atoms with van der Waals surface area (Å²) in [6.07, 6.45) is 0.585. The minimum atomic E-state index is -0.709. The molecule has 0 aromatic heterocycles. The standard InChI is InChI=1S/C17H16N2O6/c20-14-10-12(2-3-13(14)19(22)23)17(21)18-6-5-11-1-4-15-16(9-11)25-8-7-24-15/h1-4,9-10,20H,5-8H2,(H,18,21). The first-order chi connectivity index (χ1) is 12.0. The normalized spacial score (nSPS) is 12.5. The molecule has 8 heteroatoms. The van der Waals surface area contributed by atoms with E-state index in [2.05, 4.69) is 5.32 Å². The molecule has 0 saturated heterocycles. The zero-order valence-electron chi connectivity index (χ0n) is 13.2. The predicted molar refractivity (Wildman–Crippen MR) is 88.2 cm³/mol. The highest BCUT2D eigenvalue weighted by Gasteiger charge is 2.16. The van der Waals surface area contributed by atoms with Gasteiger partial charge in [0.2, 0.25) is 0 Å². The number of aromatic hydroxyl groups is 1. The van der Waals surface area contributed by atoms with Gasteiger partial charge >= 0.3 is 5.69 Å². The van der Waals surface area contributed by atoms with Gasteiger partial charge in [-0.05, 0) is 36.2 Å². The number of phenols is 1. The van der Waals surface area contributed by atoms with Crippen molar-refractivity contribution in [1.29, 1.82) is 0 Å². The van der Waals surface area contributed by atoms with E-state index in [4.69, 9.17) is 9.47 Å². The Kier molecular flexibility index (Phi) is 4.69. The summed E-state index contributed by atoms with van der Waals surface area (Å²) in [4.78, 5) is 22.0. The Hall–Kier alpha value is -3.29. The van der Waals surface area contributed by atoms with Crippen molar-refractivity contribution in [2.24, 2.45) is 0 Å². The van der Waals surface area contributed by atoms with Gasteiger partial charge in [-0.2, -0.15) is 0 Å². The molecule has 1 aliphatic rings. The summed E-state index contributed by atoms with van der Waals surface area (Å²) in [5.74, 6) is 0.447. The van der Waals surface area contributed by atoms with Crippen molar-refractivity contribution in [3.05, 3.63) is 57.6 Å². The number of fused-ring (bicyclic) bond motifs is 1. The van der Waals surface area contributed by atoms with E-state index in [0.717, 1.165) is 17.7 Å². The molecule has 25 heavy (non-hydrogen) atoms. The van der Waals surface area contributed by atoms with Crippen molar-refractivity contribution in [2.75, 3.05) is 19.8 Å². The average Bonchev–Trinajstić information content (AvgIpc) is 2.61. The van der Waals surface area contributed by atoms with Crippen LogP contribution < -0.4 is 14.8 Å². The number of hydrogen-bond acceptors (Lipinski definition) is 6. The van der Waals surface area contributed by atoms with Crippen molar-refractivity contribution in [1.82, 2.24) is 5.32 Å². The second kappa shape index (κ2) is 7.08. The van der Waals surface area contributed by atoms with Crippen LogP contribution in [0.5, 0.6) is 17.2 Å². The van der Waals surface area contributed by atoms with Gasteiger partial charge in [-0.1, -0.05) is 6.07 Å². The second-order valence-electron chi connectivity index (χ2n) is 5.44. The molecule has 2 N–H and O–H groups in total. The maximum Gasteiger partial charge on any atom is 0.310 e. The van der Waals surface area contributed by atoms with E-state index in [1.165, 1.54) is 6.07 Å². The lowest BCUT2D eigenvalue weighted by molar-refractivity contribution is -0.385. The van der Waals surface area contributed by atoms with Gasteiger partial charge in [0.25, 0.3) is 5.91 Å². The quantitative estimate of drug-likeness (QED) is 0.634. The molecule has 0 saturated carbocycles. The van der Waals surface area contributed by atoms with Gasteiger partial charge in [-0.3, -0.25) is 14.9 Å². The van der Waals surface area contributed by atoms with E-state index in [-0.39, 0.29) is 5.56 Å². The molecule has 0 radical (unpaired) electrons. The number of amides is 1. The van der Waals surface area contributed by atoms with Crippen molar-refractivity contribution in [3.63, 3.8) is 0 Å². The number of nitro benzene ring substituents is 1. The van der Waals surface area contributed by atoms with E-state index in [9.17, 15) is 20.0 Å². The summed E-state index contributed by atoms with van der Waals surface area (Å²) in [7, 11) is 0. The molecular formula is C17H16N2O6. The van der Waals surface area contributed by atoms with Crippen LogP contribution in [0.15, 0.2) is 36.4 Å². The number of nitro groups is 1. The Morgan fingerprint density at radius 2 is 1.92 bits per heavy atom. The number of nitrogens with one attached hydrogen (secondary N) is 1. The number of carbonyl (C=O) groups is 1. The van der Waals surface area contributed by atoms with Gasteiger partial charge < -0.3 is 19.9 Å². The number of nitrogens with zero attached hydrogens (tertiary/aromatic N) is 1. The smallest absolute Gasteiger partial charge is 0.310 e. The monoisotopic (exact) mass is 344 g/mol. The molecule has 8 nitrogen and oxygen atoms in total. The van der Waals surface area contributed by atoms with Crippen molar-refractivity contribution >= 4 is 11.6 Å². The largest absolute Gasteiger partial charge is 0.502 e. The van der Waals surface area contributed by atoms with Crippen LogP contribution in [0.25, 0.3) is 0 Å². The first-order valence-electron chi connectivity index (χ1n) is 7.69. The van der Waals surface area contributed by atoms with Crippen LogP contribution in [0, 0.1) is 10.1 Å². The molecular weight excluding hydrogens is 328 g/mol. The number of ether oxygens (including phenoxy) is 2. The molecule has 1 amide bonds. The third-order valence-electron chi connectivity index (χ3n) is 3.74. The van der Waals surface area contributed by atoms with Crippen LogP contribution >= 0.6 is 0 Å². The van der Waals surface area contributed by atoms with Crippen molar-refractivity contribution in [3.8, 4) is 17.2 Å². The van der Waals surface area contributed by atoms with Crippen molar-refractivity contribution < 1.29 is 24.3 Å². The highest BCUT2D eigenvalue weighted by atomic mass is 16.6. The molecule has 0 fully saturated rings. The molecule has 3 rings (SSSR count). The van der Waals surface area contributed by atoms with E-state index in [1.807, 2.05) is 18.2 Å². The zero-order chi connectivity index (χ0) is 17.8. The average molecular weight is 344 g/mol. The number of phenolic OH excluding ortho intramolecular Hbond substituents is 1. The predicted octanol–water partition coefficient (Wildman–Crippen LogP) is 2.04. The molecule has 1 aliphatic heterocycles. The van der Waals surface area contributed by atoms with Gasteiger partial charge in [-0.25, -0.2) is 0 Å². The van der Waals surface area contributed by atoms with Crippen LogP contribution in [0.3, 0.4) is 0 Å². The zero-order valence-corrected chi connectivity index (χ0v) is 13.2. The van der Waals surface area contributed by atoms with Crippen LogP contribution in [-0.2, 0) is 6.42 Å². The summed E-state index contributed by atoms with van der Waals surface area (Å²) in [5.41, 5.74) is 0.703. The maximum absolute atomic E-state index is 12.1. The van der Waals surface area contributed by atoms with E-state index >= 15 is 0 Å². The fraction of sp³-hybridized carbons (Fsp3) is 0.235. The summed E-state index contributed by atoms with van der Waals surface area (Å²) in [5, 5.41) is 23.0. The Balaban J connectivity index is 1.57. The van der Waals surface area contributed by atoms with Crippen LogP contribution in [0.2, 0.25) is 0 Å². The number of rotatable bonds is 5. The highest BCUT2D eigenvalue weighted by molar-refractivity contribution is 5.95. The van der Waals surface area contributed by atoms with Gasteiger partial charge in [0, 0.05) is 18.2 Å². The van der Waals surface area contributed by atoms with E-state index in [1.54, 1.807) is 0 Å².